The molecule has 0 aromatic heterocycles. The zero-order chi connectivity index (χ0) is 44.8. The molecule has 9 heteroatoms. The van der Waals surface area contributed by atoms with Gasteiger partial charge in [0.25, 0.3) is 7.82 Å². The number of rotatable bonds is 51. The molecule has 0 radical (unpaired) electrons. The number of carbonyl (C=O) groups is 1. The zero-order valence-corrected chi connectivity index (χ0v) is 42.5. The number of hydrogen-bond donors (Lipinski definition) is 0. The molecule has 0 aromatic carbocycles. The van der Waals surface area contributed by atoms with E-state index in [1.807, 2.05) is 21.1 Å². The summed E-state index contributed by atoms with van der Waals surface area (Å²) in [6.45, 7) is 5.50. The highest BCUT2D eigenvalue weighted by atomic mass is 31.2. The Kier molecular flexibility index (Phi) is 45.7. The molecule has 2 unspecified atom stereocenters. The van der Waals surface area contributed by atoms with Crippen LogP contribution in [0.5, 0.6) is 0 Å². The molecule has 0 amide bonds. The van der Waals surface area contributed by atoms with Crippen LogP contribution in [0.3, 0.4) is 0 Å². The number of phosphoric ester groups is 1. The molecule has 8 nitrogen and oxygen atoms in total. The second-order valence-corrected chi connectivity index (χ2v) is 21.0. The number of quaternary nitrogens is 1. The third-order valence-corrected chi connectivity index (χ3v) is 13.1. The summed E-state index contributed by atoms with van der Waals surface area (Å²) in [4.78, 5) is 25.2. The molecular weight excluding hydrogens is 782 g/mol. The van der Waals surface area contributed by atoms with Gasteiger partial charge < -0.3 is 27.9 Å². The number of phosphoric acid groups is 1. The largest absolute Gasteiger partial charge is 0.756 e. The van der Waals surface area contributed by atoms with Crippen LogP contribution in [0, 0.1) is 0 Å². The quantitative estimate of drug-likeness (QED) is 0.0260. The van der Waals surface area contributed by atoms with E-state index in [-0.39, 0.29) is 25.8 Å². The van der Waals surface area contributed by atoms with Gasteiger partial charge >= 0.3 is 5.97 Å². The van der Waals surface area contributed by atoms with E-state index in [2.05, 4.69) is 13.8 Å². The van der Waals surface area contributed by atoms with Gasteiger partial charge in [-0.1, -0.05) is 251 Å². The first-order valence-corrected chi connectivity index (χ1v) is 28.2. The van der Waals surface area contributed by atoms with Crippen LogP contribution in [0.1, 0.15) is 271 Å². The van der Waals surface area contributed by atoms with Crippen LogP contribution in [0.15, 0.2) is 0 Å². The molecule has 0 fully saturated rings. The summed E-state index contributed by atoms with van der Waals surface area (Å²) in [6, 6.07) is 0. The fourth-order valence-corrected chi connectivity index (χ4v) is 8.75. The summed E-state index contributed by atoms with van der Waals surface area (Å²) in [6.07, 6.45) is 51.3. The van der Waals surface area contributed by atoms with Crippen molar-refractivity contribution in [2.75, 3.05) is 54.1 Å². The molecule has 0 spiro atoms. The number of carbonyl (C=O) groups excluding carboxylic acids is 1. The molecule has 0 heterocycles. The highest BCUT2D eigenvalue weighted by Gasteiger charge is 2.20. The zero-order valence-electron chi connectivity index (χ0n) is 41.6. The predicted octanol–water partition coefficient (Wildman–Crippen LogP) is 15.8. The molecule has 0 rings (SSSR count). The minimum Gasteiger partial charge on any atom is -0.756 e. The van der Waals surface area contributed by atoms with Gasteiger partial charge in [0.05, 0.1) is 34.4 Å². The SMILES string of the molecule is CCCCCCCCCCCCCCCCCCCCCCC(=O)OC(COCCCCCCCCCCCCCCCCCCCCC)COP(=O)([O-])OCC[N+](C)(C)C. The third-order valence-electron chi connectivity index (χ3n) is 12.2. The topological polar surface area (TPSA) is 94.1 Å². The van der Waals surface area contributed by atoms with Gasteiger partial charge in [0.2, 0.25) is 0 Å². The fourth-order valence-electron chi connectivity index (χ4n) is 8.02. The highest BCUT2D eigenvalue weighted by Crippen LogP contribution is 2.38. The van der Waals surface area contributed by atoms with E-state index in [1.54, 1.807) is 0 Å². The molecule has 61 heavy (non-hydrogen) atoms. The predicted molar refractivity (Wildman–Crippen MR) is 259 cm³/mol. The number of hydrogen-bond acceptors (Lipinski definition) is 7. The maximum Gasteiger partial charge on any atom is 0.306 e. The van der Waals surface area contributed by atoms with Gasteiger partial charge in [0.15, 0.2) is 0 Å². The Bertz CT molecular complexity index is 945. The first kappa shape index (κ1) is 60.5. The number of nitrogens with zero attached hydrogens (tertiary/aromatic N) is 1. The number of unbranched alkanes of at least 4 members (excludes halogenated alkanes) is 37. The second kappa shape index (κ2) is 46.0. The van der Waals surface area contributed by atoms with Crippen LogP contribution in [-0.4, -0.2) is 70.7 Å². The summed E-state index contributed by atoms with van der Waals surface area (Å²) in [5.41, 5.74) is 0. The van der Waals surface area contributed by atoms with E-state index in [0.717, 1.165) is 32.1 Å². The van der Waals surface area contributed by atoms with E-state index in [0.29, 0.717) is 24.1 Å². The maximum atomic E-state index is 12.8. The van der Waals surface area contributed by atoms with Gasteiger partial charge in [-0.05, 0) is 12.8 Å². The van der Waals surface area contributed by atoms with Crippen LogP contribution >= 0.6 is 7.82 Å². The summed E-state index contributed by atoms with van der Waals surface area (Å²) in [7, 11) is 1.38. The Balaban J connectivity index is 4.06. The smallest absolute Gasteiger partial charge is 0.306 e. The van der Waals surface area contributed by atoms with Crippen molar-refractivity contribution in [3.8, 4) is 0 Å². The standard InChI is InChI=1S/C52H106NO7P/c1-6-8-10-12-14-16-18-20-22-24-26-27-29-31-33-35-37-39-41-43-45-52(54)60-51(50-59-61(55,56)58-48-46-53(3,4)5)49-57-47-44-42-40-38-36-34-32-30-28-25-23-21-19-17-15-13-11-9-7-2/h51H,6-50H2,1-5H3. The Labute approximate surface area is 380 Å². The van der Waals surface area contributed by atoms with Crippen molar-refractivity contribution in [3.63, 3.8) is 0 Å². The van der Waals surface area contributed by atoms with E-state index >= 15 is 0 Å². The van der Waals surface area contributed by atoms with Crippen LogP contribution in [-0.2, 0) is 27.9 Å². The van der Waals surface area contributed by atoms with Crippen molar-refractivity contribution < 1.29 is 37.3 Å². The Hall–Kier alpha value is -0.500. The van der Waals surface area contributed by atoms with Crippen LogP contribution in [0.4, 0.5) is 0 Å². The number of likely N-dealkylation sites (N-methyl/N-ethyl adjacent to an activating group) is 1. The Morgan fingerprint density at radius 1 is 0.443 bits per heavy atom. The van der Waals surface area contributed by atoms with Crippen LogP contribution in [0.2, 0.25) is 0 Å². The van der Waals surface area contributed by atoms with Gasteiger partial charge in [-0.15, -0.1) is 0 Å². The summed E-state index contributed by atoms with van der Waals surface area (Å²) in [5.74, 6) is -0.324. The summed E-state index contributed by atoms with van der Waals surface area (Å²) < 4.78 is 34.8. The highest BCUT2D eigenvalue weighted by molar-refractivity contribution is 7.45. The molecular formula is C52H106NO7P. The molecule has 0 bridgehead atoms. The normalized spacial score (nSPS) is 13.5. The van der Waals surface area contributed by atoms with Gasteiger partial charge in [-0.3, -0.25) is 9.36 Å². The van der Waals surface area contributed by atoms with Crippen molar-refractivity contribution in [1.29, 1.82) is 0 Å². The van der Waals surface area contributed by atoms with Gasteiger partial charge in [0, 0.05) is 13.0 Å². The lowest BCUT2D eigenvalue weighted by molar-refractivity contribution is -0.870. The lowest BCUT2D eigenvalue weighted by Crippen LogP contribution is -2.37. The summed E-state index contributed by atoms with van der Waals surface area (Å²) >= 11 is 0. The fraction of sp³-hybridized carbons (Fsp3) is 0.981. The van der Waals surface area contributed by atoms with Crippen molar-refractivity contribution in [3.05, 3.63) is 0 Å². The molecule has 0 N–H and O–H groups in total. The van der Waals surface area contributed by atoms with Crippen molar-refractivity contribution >= 4 is 13.8 Å². The molecule has 0 aromatic rings. The van der Waals surface area contributed by atoms with Crippen molar-refractivity contribution in [2.24, 2.45) is 0 Å². The maximum absolute atomic E-state index is 12.8. The Morgan fingerprint density at radius 3 is 1.08 bits per heavy atom. The minimum atomic E-state index is -4.52. The molecule has 0 saturated carbocycles. The first-order valence-electron chi connectivity index (χ1n) is 26.8. The average Bonchev–Trinajstić information content (AvgIpc) is 3.22. The van der Waals surface area contributed by atoms with Gasteiger partial charge in [0.1, 0.15) is 19.3 Å². The van der Waals surface area contributed by atoms with E-state index < -0.39 is 13.9 Å². The first-order chi connectivity index (χ1) is 29.6. The number of ether oxygens (including phenoxy) is 2. The van der Waals surface area contributed by atoms with Crippen molar-refractivity contribution in [1.82, 2.24) is 0 Å². The lowest BCUT2D eigenvalue weighted by Gasteiger charge is -2.28. The average molecular weight is 888 g/mol. The van der Waals surface area contributed by atoms with Crippen LogP contribution in [0.25, 0.3) is 0 Å². The van der Waals surface area contributed by atoms with Gasteiger partial charge in [-0.25, -0.2) is 0 Å². The summed E-state index contributed by atoms with van der Waals surface area (Å²) in [5, 5.41) is 0. The second-order valence-electron chi connectivity index (χ2n) is 19.6. The molecule has 0 saturated heterocycles. The van der Waals surface area contributed by atoms with E-state index in [9.17, 15) is 14.3 Å². The van der Waals surface area contributed by atoms with E-state index in [4.69, 9.17) is 18.5 Å². The molecule has 0 aliphatic carbocycles. The molecule has 0 aliphatic heterocycles. The number of esters is 1. The molecule has 366 valence electrons. The van der Waals surface area contributed by atoms with E-state index in [1.165, 1.54) is 218 Å². The third kappa shape index (κ3) is 50.4. The van der Waals surface area contributed by atoms with Crippen LogP contribution < -0.4 is 4.89 Å². The minimum absolute atomic E-state index is 0.0318. The van der Waals surface area contributed by atoms with Crippen molar-refractivity contribution in [2.45, 2.75) is 277 Å². The van der Waals surface area contributed by atoms with Gasteiger partial charge in [-0.2, -0.15) is 0 Å². The Morgan fingerprint density at radius 2 is 0.754 bits per heavy atom. The monoisotopic (exact) mass is 888 g/mol. The molecule has 2 atom stereocenters. The lowest BCUT2D eigenvalue weighted by atomic mass is 10.0. The molecule has 0 aliphatic rings.